The third-order valence-electron chi connectivity index (χ3n) is 5.08. The maximum atomic E-state index is 11.6. The summed E-state index contributed by atoms with van der Waals surface area (Å²) < 4.78 is 11.1. The van der Waals surface area contributed by atoms with Gasteiger partial charge in [-0.15, -0.1) is 11.3 Å². The molecule has 0 spiro atoms. The highest BCUT2D eigenvalue weighted by Gasteiger charge is 2.18. The minimum absolute atomic E-state index is 0.136. The van der Waals surface area contributed by atoms with Gasteiger partial charge >= 0.3 is 5.97 Å². The van der Waals surface area contributed by atoms with Crippen LogP contribution in [0, 0.1) is 0 Å². The van der Waals surface area contributed by atoms with E-state index in [1.54, 1.807) is 23.5 Å². The Morgan fingerprint density at radius 2 is 1.84 bits per heavy atom. The molecule has 1 aromatic heterocycles. The molecule has 0 radical (unpaired) electrons. The third-order valence-corrected chi connectivity index (χ3v) is 6.80. The van der Waals surface area contributed by atoms with E-state index in [1.165, 1.54) is 16.9 Å². The van der Waals surface area contributed by atoms with Crippen molar-refractivity contribution in [2.45, 2.75) is 45.4 Å². The van der Waals surface area contributed by atoms with Crippen molar-refractivity contribution in [3.05, 3.63) is 92.1 Å². The first-order valence-electron chi connectivity index (χ1n) is 10.6. The molecule has 0 saturated carbocycles. The zero-order valence-corrected chi connectivity index (χ0v) is 20.6. The molecule has 32 heavy (non-hydrogen) atoms. The molecule has 1 N–H and O–H groups in total. The standard InChI is InChI=1S/C26H30ClNO3S/c1-26(2,3)24-13-12-22(32-24)17-31-23(20-6-5-7-21(27)14-20)16-28-15-18-8-10-19(11-9-18)25(29)30-4/h5-14,23,28H,15-17H2,1-4H3/t23-/m0/s1. The SMILES string of the molecule is COC(=O)c1ccc(CNC[C@H](OCc2ccc(C(C)(C)C)s2)c2cccc(Cl)c2)cc1. The van der Waals surface area contributed by atoms with E-state index in [-0.39, 0.29) is 17.5 Å². The van der Waals surface area contributed by atoms with Gasteiger partial charge in [-0.25, -0.2) is 4.79 Å². The summed E-state index contributed by atoms with van der Waals surface area (Å²) >= 11 is 8.03. The van der Waals surface area contributed by atoms with E-state index >= 15 is 0 Å². The van der Waals surface area contributed by atoms with E-state index in [1.807, 2.05) is 36.4 Å². The molecule has 0 fully saturated rings. The molecule has 0 aliphatic heterocycles. The van der Waals surface area contributed by atoms with E-state index < -0.39 is 0 Å². The molecule has 0 amide bonds. The number of hydrogen-bond donors (Lipinski definition) is 1. The van der Waals surface area contributed by atoms with E-state index in [9.17, 15) is 4.79 Å². The molecule has 0 aliphatic carbocycles. The third kappa shape index (κ3) is 6.91. The van der Waals surface area contributed by atoms with Gasteiger partial charge in [-0.2, -0.15) is 0 Å². The molecular formula is C26H30ClNO3S. The van der Waals surface area contributed by atoms with E-state index in [0.29, 0.717) is 30.3 Å². The zero-order chi connectivity index (χ0) is 23.1. The van der Waals surface area contributed by atoms with Crippen LogP contribution >= 0.6 is 22.9 Å². The lowest BCUT2D eigenvalue weighted by Gasteiger charge is -2.19. The van der Waals surface area contributed by atoms with Gasteiger partial charge in [-0.05, 0) is 52.9 Å². The minimum atomic E-state index is -0.331. The van der Waals surface area contributed by atoms with Crippen molar-refractivity contribution in [3.8, 4) is 0 Å². The van der Waals surface area contributed by atoms with E-state index in [2.05, 4.69) is 38.2 Å². The molecule has 0 aliphatic rings. The maximum absolute atomic E-state index is 11.6. The van der Waals surface area contributed by atoms with Gasteiger partial charge in [0.25, 0.3) is 0 Å². The Hall–Kier alpha value is -2.18. The number of methoxy groups -OCH3 is 1. The highest BCUT2D eigenvalue weighted by molar-refractivity contribution is 7.12. The van der Waals surface area contributed by atoms with Crippen molar-refractivity contribution < 1.29 is 14.3 Å². The number of thiophene rings is 1. The fraction of sp³-hybridized carbons (Fsp3) is 0.346. The highest BCUT2D eigenvalue weighted by Crippen LogP contribution is 2.31. The van der Waals surface area contributed by atoms with Gasteiger partial charge < -0.3 is 14.8 Å². The molecule has 1 atom stereocenters. The second-order valence-electron chi connectivity index (χ2n) is 8.69. The van der Waals surface area contributed by atoms with Gasteiger partial charge in [-0.3, -0.25) is 0 Å². The lowest BCUT2D eigenvalue weighted by Crippen LogP contribution is -2.23. The summed E-state index contributed by atoms with van der Waals surface area (Å²) in [7, 11) is 1.38. The maximum Gasteiger partial charge on any atom is 0.337 e. The molecule has 0 unspecified atom stereocenters. The number of halogens is 1. The lowest BCUT2D eigenvalue weighted by molar-refractivity contribution is 0.0411. The van der Waals surface area contributed by atoms with E-state index in [4.69, 9.17) is 21.1 Å². The van der Waals surface area contributed by atoms with Crippen molar-refractivity contribution in [2.24, 2.45) is 0 Å². The second kappa shape index (κ2) is 11.1. The molecule has 4 nitrogen and oxygen atoms in total. The molecule has 3 rings (SSSR count). The van der Waals surface area contributed by atoms with Gasteiger partial charge in [0.1, 0.15) is 0 Å². The predicted molar refractivity (Wildman–Crippen MR) is 131 cm³/mol. The number of esters is 1. The first kappa shape index (κ1) is 24.5. The highest BCUT2D eigenvalue weighted by atomic mass is 35.5. The minimum Gasteiger partial charge on any atom is -0.465 e. The van der Waals surface area contributed by atoms with Gasteiger partial charge in [0.15, 0.2) is 0 Å². The van der Waals surface area contributed by atoms with Crippen LogP contribution in [0.5, 0.6) is 0 Å². The molecule has 2 aromatic carbocycles. The average molecular weight is 472 g/mol. The Morgan fingerprint density at radius 3 is 2.47 bits per heavy atom. The average Bonchev–Trinajstić information content (AvgIpc) is 3.25. The zero-order valence-electron chi connectivity index (χ0n) is 19.0. The summed E-state index contributed by atoms with van der Waals surface area (Å²) in [6.07, 6.45) is -0.136. The number of hydrogen-bond acceptors (Lipinski definition) is 5. The van der Waals surface area contributed by atoms with Crippen molar-refractivity contribution in [1.82, 2.24) is 5.32 Å². The number of carbonyl (C=O) groups is 1. The van der Waals surface area contributed by atoms with Crippen LogP contribution in [0.25, 0.3) is 0 Å². The summed E-state index contributed by atoms with van der Waals surface area (Å²) in [5, 5.41) is 4.16. The number of benzene rings is 2. The van der Waals surface area contributed by atoms with Crippen LogP contribution in [0.3, 0.4) is 0 Å². The van der Waals surface area contributed by atoms with Crippen molar-refractivity contribution in [3.63, 3.8) is 0 Å². The molecule has 170 valence electrons. The second-order valence-corrected chi connectivity index (χ2v) is 10.3. The Kier molecular flexibility index (Phi) is 8.49. The van der Waals surface area contributed by atoms with Gasteiger partial charge in [0.05, 0.1) is 25.4 Å². The molecule has 3 aromatic rings. The summed E-state index contributed by atoms with van der Waals surface area (Å²) in [5.41, 5.74) is 2.80. The fourth-order valence-electron chi connectivity index (χ4n) is 3.25. The van der Waals surface area contributed by atoms with Gasteiger partial charge in [-0.1, -0.05) is 56.6 Å². The number of ether oxygens (including phenoxy) is 2. The fourth-order valence-corrected chi connectivity index (χ4v) is 4.43. The monoisotopic (exact) mass is 471 g/mol. The van der Waals surface area contributed by atoms with E-state index in [0.717, 1.165) is 11.1 Å². The Bertz CT molecular complexity index is 1020. The normalized spacial score (nSPS) is 12.5. The van der Waals surface area contributed by atoms with Crippen molar-refractivity contribution in [2.75, 3.05) is 13.7 Å². The van der Waals surface area contributed by atoms with Crippen LogP contribution in [0.2, 0.25) is 5.02 Å². The number of rotatable bonds is 9. The van der Waals surface area contributed by atoms with Crippen LogP contribution in [-0.2, 0) is 28.0 Å². The molecule has 6 heteroatoms. The topological polar surface area (TPSA) is 47.6 Å². The summed E-state index contributed by atoms with van der Waals surface area (Å²) in [6.45, 7) is 8.51. The summed E-state index contributed by atoms with van der Waals surface area (Å²) in [5.74, 6) is -0.331. The predicted octanol–water partition coefficient (Wildman–Crippen LogP) is 6.53. The summed E-state index contributed by atoms with van der Waals surface area (Å²) in [6, 6.07) is 19.5. The van der Waals surface area contributed by atoms with Crippen LogP contribution in [0.1, 0.15) is 58.1 Å². The Morgan fingerprint density at radius 1 is 1.09 bits per heavy atom. The van der Waals surface area contributed by atoms with Gasteiger partial charge in [0.2, 0.25) is 0 Å². The van der Waals surface area contributed by atoms with Crippen LogP contribution in [-0.4, -0.2) is 19.6 Å². The molecule has 0 bridgehead atoms. The smallest absolute Gasteiger partial charge is 0.337 e. The molecular weight excluding hydrogens is 442 g/mol. The molecule has 0 saturated heterocycles. The largest absolute Gasteiger partial charge is 0.465 e. The quantitative estimate of drug-likeness (QED) is 0.360. The summed E-state index contributed by atoms with van der Waals surface area (Å²) in [4.78, 5) is 14.2. The molecule has 1 heterocycles. The number of nitrogens with one attached hydrogen (secondary N) is 1. The van der Waals surface area contributed by atoms with Crippen LogP contribution in [0.15, 0.2) is 60.7 Å². The first-order valence-corrected chi connectivity index (χ1v) is 11.8. The van der Waals surface area contributed by atoms with Crippen LogP contribution in [0.4, 0.5) is 0 Å². The Labute approximate surface area is 199 Å². The van der Waals surface area contributed by atoms with Crippen molar-refractivity contribution in [1.29, 1.82) is 0 Å². The van der Waals surface area contributed by atoms with Crippen molar-refractivity contribution >= 4 is 28.9 Å². The Balaban J connectivity index is 1.63. The lowest BCUT2D eigenvalue weighted by atomic mass is 9.95. The van der Waals surface area contributed by atoms with Gasteiger partial charge in [0, 0.05) is 27.9 Å². The first-order chi connectivity index (χ1) is 15.3. The van der Waals surface area contributed by atoms with Crippen LogP contribution < -0.4 is 5.32 Å². The number of carbonyl (C=O) groups excluding carboxylic acids is 1.